The third kappa shape index (κ3) is 21.1. The fourth-order valence-electron chi connectivity index (χ4n) is 8.51. The van der Waals surface area contributed by atoms with Crippen molar-refractivity contribution in [3.05, 3.63) is 95.1 Å². The Kier molecular flexibility index (Phi) is 28.3. The number of rotatable bonds is 37. The van der Waals surface area contributed by atoms with Gasteiger partial charge in [0, 0.05) is 22.7 Å². The molecule has 4 rings (SSSR count). The van der Waals surface area contributed by atoms with Crippen molar-refractivity contribution in [2.24, 2.45) is 34.4 Å². The zero-order valence-electron chi connectivity index (χ0n) is 47.5. The molecule has 4 atom stereocenters. The molecule has 0 bridgehead atoms. The average molecular weight is 1170 g/mol. The van der Waals surface area contributed by atoms with E-state index in [1.165, 1.54) is 94.1 Å². The van der Waals surface area contributed by atoms with Crippen LogP contribution in [-0.4, -0.2) is 137 Å². The Bertz CT molecular complexity index is 2930. The van der Waals surface area contributed by atoms with Crippen LogP contribution in [0.1, 0.15) is 118 Å². The van der Waals surface area contributed by atoms with E-state index in [4.69, 9.17) is 53.3 Å². The number of unbranched alkanes of at least 4 members (excludes halogenated alkanes) is 4. The predicted octanol–water partition coefficient (Wildman–Crippen LogP) is 2.27. The number of nitrogens with one attached hydrogen (secondary N) is 7. The number of ether oxygens (including phenoxy) is 4. The number of amides is 8. The molecule has 0 heterocycles. The van der Waals surface area contributed by atoms with Crippen molar-refractivity contribution in [1.29, 1.82) is 0 Å². The van der Waals surface area contributed by atoms with E-state index in [1.54, 1.807) is 0 Å². The minimum absolute atomic E-state index is 0.0134. The molecule has 0 aliphatic heterocycles. The average Bonchev–Trinajstić information content (AvgIpc) is 3.61. The standard InChI is InChI=1S/C57H79N13O14/c1-81-45-20-16-33(28-37(45)50(63)73)65-55(78)42(13-5-9-25-59)68-52(75)39-30-35(18-22-47(39)83-3)66-57(80)44(15-7-11-27-61)70-53(76)40-31-36(19-23-48(40)84-32-49(71)72)67-56(79)43(14-6-10-26-60)69-51(74)38-29-34(17-21-46(38)82-2)64-54(77)41(62)12-4-8-24-58/h16-23,28-31,41-44H,4-15,24-27,32,58-62H2,1-3H3,(H2,63,73)(H,64,77)(H,65,78)(H,66,80)(H,67,79)(H,68,75)(H,69,74)(H,70,76)(H,71,72)/t41-,42-,43-,44-/m0/s1. The van der Waals surface area contributed by atoms with E-state index in [0.717, 1.165) is 0 Å². The van der Waals surface area contributed by atoms with E-state index >= 15 is 0 Å². The Morgan fingerprint density at radius 2 is 0.726 bits per heavy atom. The summed E-state index contributed by atoms with van der Waals surface area (Å²) in [6.07, 6.45) is 4.72. The zero-order valence-corrected chi connectivity index (χ0v) is 47.5. The molecule has 0 spiro atoms. The highest BCUT2D eigenvalue weighted by Gasteiger charge is 2.29. The second kappa shape index (κ2) is 35.2. The van der Waals surface area contributed by atoms with Crippen molar-refractivity contribution in [2.75, 3.05) is 75.4 Å². The number of carbonyl (C=O) groups is 9. The van der Waals surface area contributed by atoms with E-state index in [0.29, 0.717) is 77.4 Å². The number of hydrogen-bond acceptors (Lipinski definition) is 18. The highest BCUT2D eigenvalue weighted by molar-refractivity contribution is 6.07. The monoisotopic (exact) mass is 1170 g/mol. The van der Waals surface area contributed by atoms with Gasteiger partial charge in [-0.05, 0) is 170 Å². The smallest absolute Gasteiger partial charge is 0.341 e. The van der Waals surface area contributed by atoms with Gasteiger partial charge in [0.1, 0.15) is 41.1 Å². The molecule has 0 unspecified atom stereocenters. The molecule has 0 saturated heterocycles. The molecule has 4 aromatic rings. The second-order valence-corrected chi connectivity index (χ2v) is 19.3. The Morgan fingerprint density at radius 3 is 1.05 bits per heavy atom. The number of benzene rings is 4. The zero-order chi connectivity index (χ0) is 61.7. The van der Waals surface area contributed by atoms with Crippen molar-refractivity contribution in [3.8, 4) is 23.0 Å². The van der Waals surface area contributed by atoms with Crippen LogP contribution in [0.25, 0.3) is 0 Å². The van der Waals surface area contributed by atoms with Gasteiger partial charge in [-0.15, -0.1) is 0 Å². The van der Waals surface area contributed by atoms with Gasteiger partial charge in [0.25, 0.3) is 23.6 Å². The molecule has 0 fully saturated rings. The quantitative estimate of drug-likeness (QED) is 0.0288. The summed E-state index contributed by atoms with van der Waals surface area (Å²) in [6, 6.07) is 12.2. The molecule has 27 heteroatoms. The highest BCUT2D eigenvalue weighted by atomic mass is 16.5. The molecule has 456 valence electrons. The first-order chi connectivity index (χ1) is 40.3. The van der Waals surface area contributed by atoms with E-state index < -0.39 is 84.0 Å². The summed E-state index contributed by atoms with van der Waals surface area (Å²) in [5.74, 6) is -6.96. The summed E-state index contributed by atoms with van der Waals surface area (Å²) >= 11 is 0. The molecule has 27 nitrogen and oxygen atoms in total. The van der Waals surface area contributed by atoms with Crippen LogP contribution in [-0.2, 0) is 24.0 Å². The van der Waals surface area contributed by atoms with Crippen LogP contribution in [0.3, 0.4) is 0 Å². The van der Waals surface area contributed by atoms with E-state index in [-0.39, 0.29) is 93.8 Å². The predicted molar refractivity (Wildman–Crippen MR) is 315 cm³/mol. The minimum atomic E-state index is -1.37. The van der Waals surface area contributed by atoms with E-state index in [2.05, 4.69) is 37.2 Å². The maximum Gasteiger partial charge on any atom is 0.341 e. The van der Waals surface area contributed by atoms with Crippen LogP contribution in [0, 0.1) is 0 Å². The molecule has 8 amide bonds. The first kappa shape index (κ1) is 67.6. The van der Waals surface area contributed by atoms with Gasteiger partial charge in [0.05, 0.1) is 49.6 Å². The van der Waals surface area contributed by atoms with Crippen LogP contribution in [0.2, 0.25) is 0 Å². The number of nitrogens with two attached hydrogens (primary N) is 6. The molecule has 0 radical (unpaired) electrons. The molecule has 4 aromatic carbocycles. The Morgan fingerprint density at radius 1 is 0.429 bits per heavy atom. The summed E-state index contributed by atoms with van der Waals surface area (Å²) in [7, 11) is 4.03. The van der Waals surface area contributed by atoms with Gasteiger partial charge < -0.3 is 95.7 Å². The van der Waals surface area contributed by atoms with Gasteiger partial charge in [-0.2, -0.15) is 0 Å². The first-order valence-corrected chi connectivity index (χ1v) is 27.4. The second-order valence-electron chi connectivity index (χ2n) is 19.3. The molecular weight excluding hydrogens is 1090 g/mol. The Balaban J connectivity index is 1.60. The molecular formula is C57H79N13O14. The topological polar surface area (TPSA) is 451 Å². The highest BCUT2D eigenvalue weighted by Crippen LogP contribution is 2.28. The van der Waals surface area contributed by atoms with E-state index in [1.807, 2.05) is 0 Å². The van der Waals surface area contributed by atoms with Crippen LogP contribution in [0.5, 0.6) is 23.0 Å². The lowest BCUT2D eigenvalue weighted by Gasteiger charge is -2.22. The number of carbonyl (C=O) groups excluding carboxylic acids is 8. The number of carboxylic acids is 1. The summed E-state index contributed by atoms with van der Waals surface area (Å²) in [5.41, 5.74) is 34.6. The van der Waals surface area contributed by atoms with Gasteiger partial charge in [-0.3, -0.25) is 38.4 Å². The number of anilines is 4. The summed E-state index contributed by atoms with van der Waals surface area (Å²) < 4.78 is 21.6. The molecule has 0 aliphatic rings. The number of aliphatic carboxylic acids is 1. The summed E-state index contributed by atoms with van der Waals surface area (Å²) in [5, 5.41) is 28.5. The third-order valence-corrected chi connectivity index (χ3v) is 13.0. The lowest BCUT2D eigenvalue weighted by molar-refractivity contribution is -0.139. The minimum Gasteiger partial charge on any atom is -0.496 e. The maximum absolute atomic E-state index is 14.4. The molecule has 0 saturated carbocycles. The van der Waals surface area contributed by atoms with Crippen LogP contribution in [0.15, 0.2) is 72.8 Å². The van der Waals surface area contributed by atoms with Gasteiger partial charge in [0.2, 0.25) is 23.6 Å². The molecule has 84 heavy (non-hydrogen) atoms. The summed E-state index contributed by atoms with van der Waals surface area (Å²) in [6.45, 7) is 0.455. The largest absolute Gasteiger partial charge is 0.496 e. The van der Waals surface area contributed by atoms with Crippen LogP contribution in [0.4, 0.5) is 22.7 Å². The molecule has 0 aliphatic carbocycles. The van der Waals surface area contributed by atoms with Crippen molar-refractivity contribution in [3.63, 3.8) is 0 Å². The lowest BCUT2D eigenvalue weighted by Crippen LogP contribution is -2.44. The Hall–Kier alpha value is -8.89. The molecule has 0 aromatic heterocycles. The van der Waals surface area contributed by atoms with Crippen LogP contribution < -0.4 is 90.6 Å². The fourth-order valence-corrected chi connectivity index (χ4v) is 8.51. The SMILES string of the molecule is COc1ccc(NC(=O)[C@H](CCCCN)NC(=O)c2cc(NC(=O)[C@H](CCCCN)NC(=O)c3cc(NC(=O)[C@H](CCCCN)NC(=O)c4cc(NC(=O)[C@@H](N)CCCCN)ccc4OC)ccc3OCC(=O)O)ccc2OC)cc1C(N)=O. The Labute approximate surface area is 486 Å². The first-order valence-electron chi connectivity index (χ1n) is 27.4. The van der Waals surface area contributed by atoms with Gasteiger partial charge in [-0.1, -0.05) is 6.42 Å². The van der Waals surface area contributed by atoms with Gasteiger partial charge in [-0.25, -0.2) is 4.79 Å². The van der Waals surface area contributed by atoms with Crippen molar-refractivity contribution >= 4 is 76.0 Å². The van der Waals surface area contributed by atoms with Crippen molar-refractivity contribution in [2.45, 2.75) is 101 Å². The number of carboxylic acid groups (broad SMARTS) is 1. The van der Waals surface area contributed by atoms with Gasteiger partial charge in [0.15, 0.2) is 6.61 Å². The van der Waals surface area contributed by atoms with Gasteiger partial charge >= 0.3 is 5.97 Å². The number of methoxy groups -OCH3 is 3. The third-order valence-electron chi connectivity index (χ3n) is 13.0. The summed E-state index contributed by atoms with van der Waals surface area (Å²) in [4.78, 5) is 121. The normalized spacial score (nSPS) is 12.2. The lowest BCUT2D eigenvalue weighted by atomic mass is 10.1. The van der Waals surface area contributed by atoms with Crippen molar-refractivity contribution < 1.29 is 67.2 Å². The number of primary amides is 1. The van der Waals surface area contributed by atoms with E-state index in [9.17, 15) is 48.3 Å². The van der Waals surface area contributed by atoms with Crippen molar-refractivity contribution in [1.82, 2.24) is 16.0 Å². The number of hydrogen-bond donors (Lipinski definition) is 14. The maximum atomic E-state index is 14.4. The van der Waals surface area contributed by atoms with Crippen LogP contribution >= 0.6 is 0 Å². The fraction of sp³-hybridized carbons (Fsp3) is 0.421. The molecule has 20 N–H and O–H groups in total.